The van der Waals surface area contributed by atoms with Crippen LogP contribution < -0.4 is 10.6 Å². The number of hydrogen-bond donors (Lipinski definition) is 2. The molecule has 96 valence electrons. The van der Waals surface area contributed by atoms with Gasteiger partial charge in [0.2, 0.25) is 0 Å². The summed E-state index contributed by atoms with van der Waals surface area (Å²) in [4.78, 5) is 2.69. The summed E-state index contributed by atoms with van der Waals surface area (Å²) in [5.74, 6) is 0. The van der Waals surface area contributed by atoms with Crippen LogP contribution in [0.25, 0.3) is 0 Å². The molecule has 1 aromatic carbocycles. The highest BCUT2D eigenvalue weighted by atomic mass is 32.2. The Morgan fingerprint density at radius 3 is 2.29 bits per heavy atom. The van der Waals surface area contributed by atoms with Crippen LogP contribution in [0.5, 0.6) is 0 Å². The molecule has 0 unspecified atom stereocenters. The molecule has 0 heterocycles. The first-order chi connectivity index (χ1) is 7.77. The fourth-order valence-electron chi connectivity index (χ4n) is 1.67. The molecule has 0 aliphatic rings. The summed E-state index contributed by atoms with van der Waals surface area (Å²) in [5, 5.41) is 1.40. The van der Waals surface area contributed by atoms with Crippen LogP contribution in [-0.4, -0.2) is 27.5 Å². The molecule has 0 radical (unpaired) electrons. The van der Waals surface area contributed by atoms with Gasteiger partial charge in [0, 0.05) is 20.6 Å². The molecule has 0 saturated carbocycles. The lowest BCUT2D eigenvalue weighted by Crippen LogP contribution is -2.36. The zero-order valence-corrected chi connectivity index (χ0v) is 11.4. The Morgan fingerprint density at radius 2 is 1.82 bits per heavy atom. The highest BCUT2D eigenvalue weighted by molar-refractivity contribution is 7.89. The molecule has 0 bridgehead atoms. The van der Waals surface area contributed by atoms with Gasteiger partial charge >= 0.3 is 0 Å². The molecule has 0 amide bonds. The van der Waals surface area contributed by atoms with E-state index in [9.17, 15) is 8.42 Å². The zero-order chi connectivity index (χ0) is 13.2. The molecular formula is C11H19N3O2S. The Morgan fingerprint density at radius 1 is 1.24 bits per heavy atom. The fraction of sp³-hybridized carbons (Fsp3) is 0.455. The molecule has 0 aliphatic carbocycles. The third-order valence-electron chi connectivity index (χ3n) is 2.45. The minimum Gasteiger partial charge on any atom is -0.326 e. The molecule has 1 aromatic rings. The predicted octanol–water partition coefficient (Wildman–Crippen LogP) is 0.517. The molecule has 0 saturated heterocycles. The molecule has 5 nitrogen and oxygen atoms in total. The average molecular weight is 257 g/mol. The summed E-state index contributed by atoms with van der Waals surface area (Å²) >= 11 is 0. The molecular weight excluding hydrogens is 238 g/mol. The van der Waals surface area contributed by atoms with Crippen LogP contribution in [0.15, 0.2) is 17.0 Å². The van der Waals surface area contributed by atoms with E-state index in [-0.39, 0.29) is 4.90 Å². The molecule has 0 atom stereocenters. The second-order valence-corrected chi connectivity index (χ2v) is 5.87. The van der Waals surface area contributed by atoms with Gasteiger partial charge < -0.3 is 5.73 Å². The van der Waals surface area contributed by atoms with E-state index in [4.69, 9.17) is 5.73 Å². The Kier molecular flexibility index (Phi) is 4.26. The van der Waals surface area contributed by atoms with Gasteiger partial charge in [0.05, 0.1) is 4.90 Å². The summed E-state index contributed by atoms with van der Waals surface area (Å²) in [6, 6.07) is 3.48. The third-order valence-corrected chi connectivity index (χ3v) is 4.07. The molecule has 17 heavy (non-hydrogen) atoms. The van der Waals surface area contributed by atoms with Crippen LogP contribution in [0, 0.1) is 13.8 Å². The Labute approximate surface area is 103 Å². The molecule has 1 rings (SSSR count). The molecule has 0 aliphatic heterocycles. The van der Waals surface area contributed by atoms with Crippen LogP contribution >= 0.6 is 0 Å². The average Bonchev–Trinajstić information content (AvgIpc) is 2.15. The van der Waals surface area contributed by atoms with Crippen molar-refractivity contribution in [3.8, 4) is 0 Å². The van der Waals surface area contributed by atoms with Gasteiger partial charge in [-0.1, -0.05) is 6.07 Å². The normalized spacial score (nSPS) is 12.1. The number of hydrogen-bond acceptors (Lipinski definition) is 4. The van der Waals surface area contributed by atoms with Crippen molar-refractivity contribution >= 4 is 10.0 Å². The summed E-state index contributed by atoms with van der Waals surface area (Å²) in [7, 11) is -0.259. The number of aryl methyl sites for hydroxylation is 2. The lowest BCUT2D eigenvalue weighted by atomic mass is 10.1. The van der Waals surface area contributed by atoms with E-state index < -0.39 is 10.0 Å². The first-order valence-corrected chi connectivity index (χ1v) is 6.76. The van der Waals surface area contributed by atoms with Crippen molar-refractivity contribution in [2.24, 2.45) is 5.73 Å². The van der Waals surface area contributed by atoms with Crippen LogP contribution in [0.4, 0.5) is 0 Å². The van der Waals surface area contributed by atoms with Gasteiger partial charge in [-0.3, -0.25) is 0 Å². The van der Waals surface area contributed by atoms with Crippen molar-refractivity contribution in [3.63, 3.8) is 0 Å². The molecule has 0 aromatic heterocycles. The minimum absolute atomic E-state index is 0.275. The van der Waals surface area contributed by atoms with Crippen molar-refractivity contribution in [2.75, 3.05) is 14.1 Å². The third kappa shape index (κ3) is 3.26. The number of sulfonamides is 1. The summed E-state index contributed by atoms with van der Waals surface area (Å²) in [5.41, 5.74) is 8.16. The molecule has 0 fully saturated rings. The minimum atomic E-state index is -3.52. The number of nitrogens with zero attached hydrogens (tertiary/aromatic N) is 1. The summed E-state index contributed by atoms with van der Waals surface area (Å²) < 4.78 is 24.1. The molecule has 0 spiro atoms. The van der Waals surface area contributed by atoms with Gasteiger partial charge in [0.1, 0.15) is 0 Å². The van der Waals surface area contributed by atoms with Gasteiger partial charge in [0.25, 0.3) is 10.0 Å². The Hall–Kier alpha value is -0.950. The van der Waals surface area contributed by atoms with Gasteiger partial charge in [-0.2, -0.15) is 0 Å². The summed E-state index contributed by atoms with van der Waals surface area (Å²) in [6.07, 6.45) is 0. The topological polar surface area (TPSA) is 75.4 Å². The van der Waals surface area contributed by atoms with Crippen molar-refractivity contribution in [3.05, 3.63) is 28.8 Å². The van der Waals surface area contributed by atoms with Gasteiger partial charge in [-0.25, -0.2) is 13.4 Å². The quantitative estimate of drug-likeness (QED) is 0.771. The maximum Gasteiger partial charge on any atom is 0.253 e. The van der Waals surface area contributed by atoms with E-state index in [1.165, 1.54) is 5.01 Å². The second-order valence-electron chi connectivity index (χ2n) is 4.24. The van der Waals surface area contributed by atoms with Crippen LogP contribution in [0.1, 0.15) is 16.7 Å². The van der Waals surface area contributed by atoms with E-state index in [2.05, 4.69) is 4.83 Å². The first kappa shape index (κ1) is 14.1. The number of benzene rings is 1. The van der Waals surface area contributed by atoms with Crippen molar-refractivity contribution in [1.82, 2.24) is 9.84 Å². The molecule has 3 N–H and O–H groups in total. The van der Waals surface area contributed by atoms with E-state index in [0.29, 0.717) is 12.1 Å². The largest absolute Gasteiger partial charge is 0.326 e. The number of rotatable bonds is 4. The first-order valence-electron chi connectivity index (χ1n) is 5.28. The van der Waals surface area contributed by atoms with Gasteiger partial charge in [-0.15, -0.1) is 4.83 Å². The monoisotopic (exact) mass is 257 g/mol. The lowest BCUT2D eigenvalue weighted by Gasteiger charge is -2.16. The highest BCUT2D eigenvalue weighted by Gasteiger charge is 2.18. The van der Waals surface area contributed by atoms with Crippen molar-refractivity contribution in [1.29, 1.82) is 0 Å². The lowest BCUT2D eigenvalue weighted by molar-refractivity contribution is 0.364. The number of nitrogens with two attached hydrogens (primary N) is 1. The van der Waals surface area contributed by atoms with E-state index >= 15 is 0 Å². The molecule has 6 heteroatoms. The van der Waals surface area contributed by atoms with E-state index in [0.717, 1.165) is 11.1 Å². The standard InChI is InChI=1S/C11H19N3O2S/c1-8-5-9(2)11(6-10(8)7-12)17(15,16)13-14(3)4/h5-6,13H,7,12H2,1-4H3. The predicted molar refractivity (Wildman–Crippen MR) is 67.8 cm³/mol. The smallest absolute Gasteiger partial charge is 0.253 e. The maximum atomic E-state index is 12.0. The van der Waals surface area contributed by atoms with Crippen LogP contribution in [-0.2, 0) is 16.6 Å². The Balaban J connectivity index is 3.31. The summed E-state index contributed by atoms with van der Waals surface area (Å²) in [6.45, 7) is 4.03. The van der Waals surface area contributed by atoms with Gasteiger partial charge in [-0.05, 0) is 36.6 Å². The zero-order valence-electron chi connectivity index (χ0n) is 10.6. The van der Waals surface area contributed by atoms with Crippen molar-refractivity contribution < 1.29 is 8.42 Å². The van der Waals surface area contributed by atoms with Crippen molar-refractivity contribution in [2.45, 2.75) is 25.3 Å². The van der Waals surface area contributed by atoms with Gasteiger partial charge in [0.15, 0.2) is 0 Å². The SMILES string of the molecule is Cc1cc(C)c(S(=O)(=O)NN(C)C)cc1CN. The fourth-order valence-corrected chi connectivity index (χ4v) is 3.03. The Bertz CT molecular complexity index is 510. The highest BCUT2D eigenvalue weighted by Crippen LogP contribution is 2.20. The van der Waals surface area contributed by atoms with E-state index in [1.54, 1.807) is 27.1 Å². The van der Waals surface area contributed by atoms with E-state index in [1.807, 2.05) is 13.0 Å². The van der Waals surface area contributed by atoms with Crippen LogP contribution in [0.2, 0.25) is 0 Å². The number of hydrazine groups is 1. The second kappa shape index (κ2) is 5.14. The maximum absolute atomic E-state index is 12.0. The number of nitrogens with one attached hydrogen (secondary N) is 1. The van der Waals surface area contributed by atoms with Crippen LogP contribution in [0.3, 0.4) is 0 Å².